The number of aromatic nitrogens is 2. The van der Waals surface area contributed by atoms with Gasteiger partial charge in [0.1, 0.15) is 0 Å². The number of likely N-dealkylation sites (tertiary alicyclic amines) is 1. The normalized spacial score (nSPS) is 21.1. The quantitative estimate of drug-likeness (QED) is 0.773. The van der Waals surface area contributed by atoms with Crippen molar-refractivity contribution in [3.05, 3.63) is 18.0 Å². The zero-order chi connectivity index (χ0) is 13.9. The topological polar surface area (TPSA) is 67.2 Å². The number of aryl methyl sites for hydroxylation is 1. The monoisotopic (exact) mass is 286 g/mol. The molecule has 19 heavy (non-hydrogen) atoms. The minimum atomic E-state index is -3.06. The average molecular weight is 286 g/mol. The molecule has 2 heterocycles. The van der Waals surface area contributed by atoms with Crippen molar-refractivity contribution in [2.75, 3.05) is 25.9 Å². The Morgan fingerprint density at radius 1 is 1.53 bits per heavy atom. The van der Waals surface area contributed by atoms with Gasteiger partial charge in [-0.05, 0) is 32.4 Å². The molecule has 1 saturated heterocycles. The molecule has 0 aliphatic carbocycles. The highest BCUT2D eigenvalue weighted by Crippen LogP contribution is 2.31. The Bertz CT molecular complexity index is 512. The summed E-state index contributed by atoms with van der Waals surface area (Å²) in [7, 11) is -1.13. The lowest BCUT2D eigenvalue weighted by Gasteiger charge is -2.23. The summed E-state index contributed by atoms with van der Waals surface area (Å²) in [6, 6.07) is 0.437. The molecule has 108 valence electrons. The first-order valence-electron chi connectivity index (χ1n) is 6.63. The van der Waals surface area contributed by atoms with Crippen LogP contribution in [0.4, 0.5) is 0 Å². The smallest absolute Gasteiger partial charge is 0.208 e. The van der Waals surface area contributed by atoms with Crippen LogP contribution in [0, 0.1) is 0 Å². The summed E-state index contributed by atoms with van der Waals surface area (Å²) in [5.41, 5.74) is 1.26. The summed E-state index contributed by atoms with van der Waals surface area (Å²) in [6.45, 7) is 2.51. The van der Waals surface area contributed by atoms with E-state index in [-0.39, 0.29) is 0 Å². The average Bonchev–Trinajstić information content (AvgIpc) is 2.91. The molecular formula is C12H22N4O2S. The predicted octanol–water partition coefficient (Wildman–Crippen LogP) is 0.496. The van der Waals surface area contributed by atoms with E-state index in [0.29, 0.717) is 12.6 Å². The van der Waals surface area contributed by atoms with Gasteiger partial charge in [-0.25, -0.2) is 13.1 Å². The Kier molecular flexibility index (Phi) is 4.59. The zero-order valence-electron chi connectivity index (χ0n) is 11.5. The Balaban J connectivity index is 1.83. The van der Waals surface area contributed by atoms with Crippen LogP contribution < -0.4 is 4.72 Å². The lowest BCUT2D eigenvalue weighted by Crippen LogP contribution is -2.29. The standard InChI is InChI=1S/C12H22N4O2S/c1-15-10-11(9-13-15)12-5-3-7-16(12)8-4-6-14-19(2,17)18/h9-10,12,14H,3-8H2,1-2H3. The Hall–Kier alpha value is -0.920. The van der Waals surface area contributed by atoms with Gasteiger partial charge in [-0.1, -0.05) is 0 Å². The van der Waals surface area contributed by atoms with Crippen molar-refractivity contribution < 1.29 is 8.42 Å². The van der Waals surface area contributed by atoms with Crippen molar-refractivity contribution >= 4 is 10.0 Å². The van der Waals surface area contributed by atoms with Gasteiger partial charge in [0.25, 0.3) is 0 Å². The van der Waals surface area contributed by atoms with Crippen LogP contribution in [0.25, 0.3) is 0 Å². The molecule has 0 aromatic carbocycles. The molecule has 1 aliphatic heterocycles. The van der Waals surface area contributed by atoms with Gasteiger partial charge in [-0.15, -0.1) is 0 Å². The van der Waals surface area contributed by atoms with Crippen molar-refractivity contribution in [2.24, 2.45) is 7.05 Å². The molecule has 1 atom stereocenters. The summed E-state index contributed by atoms with van der Waals surface area (Å²) in [5.74, 6) is 0. The highest BCUT2D eigenvalue weighted by atomic mass is 32.2. The fraction of sp³-hybridized carbons (Fsp3) is 0.750. The Morgan fingerprint density at radius 2 is 2.32 bits per heavy atom. The molecule has 1 N–H and O–H groups in total. The van der Waals surface area contributed by atoms with E-state index in [4.69, 9.17) is 0 Å². The molecule has 2 rings (SSSR count). The lowest BCUT2D eigenvalue weighted by atomic mass is 10.1. The summed E-state index contributed by atoms with van der Waals surface area (Å²) >= 11 is 0. The molecule has 0 radical (unpaired) electrons. The van der Waals surface area contributed by atoms with Gasteiger partial charge in [0.15, 0.2) is 0 Å². The third-order valence-corrected chi connectivity index (χ3v) is 4.19. The second-order valence-electron chi connectivity index (χ2n) is 5.16. The molecule has 0 spiro atoms. The largest absolute Gasteiger partial charge is 0.296 e. The maximum Gasteiger partial charge on any atom is 0.208 e. The molecule has 1 aromatic heterocycles. The van der Waals surface area contributed by atoms with E-state index in [1.165, 1.54) is 18.2 Å². The number of nitrogens with zero attached hydrogens (tertiary/aromatic N) is 3. The van der Waals surface area contributed by atoms with Crippen LogP contribution in [0.1, 0.15) is 30.9 Å². The van der Waals surface area contributed by atoms with E-state index in [9.17, 15) is 8.42 Å². The second-order valence-corrected chi connectivity index (χ2v) is 6.99. The maximum absolute atomic E-state index is 11.0. The first-order valence-corrected chi connectivity index (χ1v) is 8.52. The van der Waals surface area contributed by atoms with Crippen LogP contribution in [0.5, 0.6) is 0 Å². The van der Waals surface area contributed by atoms with Gasteiger partial charge < -0.3 is 0 Å². The van der Waals surface area contributed by atoms with Gasteiger partial charge in [0.2, 0.25) is 10.0 Å². The first kappa shape index (κ1) is 14.5. The molecule has 1 aliphatic rings. The Morgan fingerprint density at radius 3 is 2.95 bits per heavy atom. The fourth-order valence-electron chi connectivity index (χ4n) is 2.62. The number of hydrogen-bond donors (Lipinski definition) is 1. The molecule has 0 amide bonds. The van der Waals surface area contributed by atoms with Gasteiger partial charge in [0.05, 0.1) is 12.5 Å². The highest BCUT2D eigenvalue weighted by Gasteiger charge is 2.26. The lowest BCUT2D eigenvalue weighted by molar-refractivity contribution is 0.254. The molecule has 1 aromatic rings. The third kappa shape index (κ3) is 4.29. The van der Waals surface area contributed by atoms with Gasteiger partial charge in [-0.3, -0.25) is 9.58 Å². The number of nitrogens with one attached hydrogen (secondary N) is 1. The van der Waals surface area contributed by atoms with Crippen LogP contribution in [-0.2, 0) is 17.1 Å². The van der Waals surface area contributed by atoms with E-state index in [2.05, 4.69) is 20.9 Å². The number of rotatable bonds is 6. The van der Waals surface area contributed by atoms with Gasteiger partial charge in [-0.2, -0.15) is 5.10 Å². The molecule has 1 fully saturated rings. The fourth-order valence-corrected chi connectivity index (χ4v) is 3.14. The van der Waals surface area contributed by atoms with Crippen LogP contribution >= 0.6 is 0 Å². The molecule has 7 heteroatoms. The summed E-state index contributed by atoms with van der Waals surface area (Å²) in [5, 5.41) is 4.22. The molecule has 0 saturated carbocycles. The van der Waals surface area contributed by atoms with Crippen molar-refractivity contribution in [3.63, 3.8) is 0 Å². The SMILES string of the molecule is Cn1cc(C2CCCN2CCCNS(C)(=O)=O)cn1. The summed E-state index contributed by atoms with van der Waals surface area (Å²) in [6.07, 6.45) is 8.38. The van der Waals surface area contributed by atoms with Crippen LogP contribution in [-0.4, -0.2) is 49.0 Å². The molecular weight excluding hydrogens is 264 g/mol. The summed E-state index contributed by atoms with van der Waals surface area (Å²) in [4.78, 5) is 2.42. The zero-order valence-corrected chi connectivity index (χ0v) is 12.4. The summed E-state index contributed by atoms with van der Waals surface area (Å²) < 4.78 is 26.3. The van der Waals surface area contributed by atoms with Gasteiger partial charge >= 0.3 is 0 Å². The van der Waals surface area contributed by atoms with Crippen molar-refractivity contribution in [2.45, 2.75) is 25.3 Å². The number of sulfonamides is 1. The highest BCUT2D eigenvalue weighted by molar-refractivity contribution is 7.88. The predicted molar refractivity (Wildman–Crippen MR) is 74.2 cm³/mol. The van der Waals surface area contributed by atoms with E-state index >= 15 is 0 Å². The van der Waals surface area contributed by atoms with Crippen LogP contribution in [0.15, 0.2) is 12.4 Å². The van der Waals surface area contributed by atoms with Crippen LogP contribution in [0.3, 0.4) is 0 Å². The number of hydrogen-bond acceptors (Lipinski definition) is 4. The third-order valence-electron chi connectivity index (χ3n) is 3.46. The van der Waals surface area contributed by atoms with E-state index in [1.807, 2.05) is 17.9 Å². The van der Waals surface area contributed by atoms with E-state index in [0.717, 1.165) is 25.9 Å². The Labute approximate surface area is 114 Å². The van der Waals surface area contributed by atoms with Crippen molar-refractivity contribution in [1.82, 2.24) is 19.4 Å². The maximum atomic E-state index is 11.0. The van der Waals surface area contributed by atoms with Crippen LogP contribution in [0.2, 0.25) is 0 Å². The second kappa shape index (κ2) is 6.02. The van der Waals surface area contributed by atoms with Crippen molar-refractivity contribution in [3.8, 4) is 0 Å². The minimum absolute atomic E-state index is 0.437. The van der Waals surface area contributed by atoms with Gasteiger partial charge in [0, 0.05) is 31.4 Å². The molecule has 1 unspecified atom stereocenters. The van der Waals surface area contributed by atoms with E-state index in [1.54, 1.807) is 0 Å². The molecule has 6 nitrogen and oxygen atoms in total. The van der Waals surface area contributed by atoms with Crippen molar-refractivity contribution in [1.29, 1.82) is 0 Å². The first-order chi connectivity index (χ1) is 8.96. The minimum Gasteiger partial charge on any atom is -0.296 e. The van der Waals surface area contributed by atoms with E-state index < -0.39 is 10.0 Å². The molecule has 0 bridgehead atoms.